The van der Waals surface area contributed by atoms with Crippen LogP contribution in [0.15, 0.2) is 18.2 Å². The van der Waals surface area contributed by atoms with Gasteiger partial charge in [0.1, 0.15) is 5.75 Å². The molecule has 1 aromatic carbocycles. The van der Waals surface area contributed by atoms with Gasteiger partial charge in [0.05, 0.1) is 6.54 Å². The molecule has 2 rings (SSSR count). The van der Waals surface area contributed by atoms with Crippen LogP contribution in [-0.4, -0.2) is 29.3 Å². The van der Waals surface area contributed by atoms with E-state index in [9.17, 15) is 18.3 Å². The largest absolute Gasteiger partial charge is 0.508 e. The molecule has 0 radical (unpaired) electrons. The molecule has 0 spiro atoms. The number of phenolic OH excluding ortho intramolecular Hbond substituents is 1. The lowest BCUT2D eigenvalue weighted by Gasteiger charge is -2.29. The number of alkyl halides is 3. The molecule has 5 heteroatoms. The van der Waals surface area contributed by atoms with Crippen LogP contribution in [0.3, 0.4) is 0 Å². The van der Waals surface area contributed by atoms with Gasteiger partial charge in [-0.15, -0.1) is 0 Å². The van der Waals surface area contributed by atoms with Crippen molar-refractivity contribution in [1.82, 2.24) is 4.90 Å². The van der Waals surface area contributed by atoms with Gasteiger partial charge in [0.25, 0.3) is 0 Å². The predicted molar refractivity (Wildman–Crippen MR) is 62.5 cm³/mol. The van der Waals surface area contributed by atoms with Gasteiger partial charge in [-0.25, -0.2) is 0 Å². The number of nitrogens with zero attached hydrogens (tertiary/aromatic N) is 1. The fourth-order valence-electron chi connectivity index (χ4n) is 2.63. The molecule has 18 heavy (non-hydrogen) atoms. The molecule has 0 bridgehead atoms. The number of fused-ring (bicyclic) bond motifs is 1. The first kappa shape index (κ1) is 13.2. The molecule has 2 nitrogen and oxygen atoms in total. The Balaban J connectivity index is 2.21. The topological polar surface area (TPSA) is 23.5 Å². The first-order valence-electron chi connectivity index (χ1n) is 6.03. The van der Waals surface area contributed by atoms with E-state index in [-0.39, 0.29) is 11.8 Å². The molecule has 1 aromatic rings. The van der Waals surface area contributed by atoms with Crippen LogP contribution in [0.25, 0.3) is 0 Å². The third-order valence-corrected chi connectivity index (χ3v) is 3.40. The molecule has 0 heterocycles. The highest BCUT2D eigenvalue weighted by atomic mass is 19.4. The number of halogens is 3. The summed E-state index contributed by atoms with van der Waals surface area (Å²) in [6.07, 6.45) is -2.76. The van der Waals surface area contributed by atoms with Gasteiger partial charge in [0.2, 0.25) is 0 Å². The van der Waals surface area contributed by atoms with Crippen LogP contribution in [0.4, 0.5) is 13.2 Å². The predicted octanol–water partition coefficient (Wildman–Crippen LogP) is 3.26. The Bertz CT molecular complexity index is 431. The summed E-state index contributed by atoms with van der Waals surface area (Å²) in [6.45, 7) is 1.23. The zero-order valence-electron chi connectivity index (χ0n) is 10.2. The van der Waals surface area contributed by atoms with Crippen LogP contribution in [0.5, 0.6) is 5.75 Å². The van der Waals surface area contributed by atoms with E-state index in [1.54, 1.807) is 25.1 Å². The maximum Gasteiger partial charge on any atom is 0.401 e. The van der Waals surface area contributed by atoms with E-state index in [2.05, 4.69) is 0 Å². The van der Waals surface area contributed by atoms with Crippen molar-refractivity contribution in [3.63, 3.8) is 0 Å². The van der Waals surface area contributed by atoms with Crippen LogP contribution in [0.2, 0.25) is 0 Å². The van der Waals surface area contributed by atoms with Crippen molar-refractivity contribution in [1.29, 1.82) is 0 Å². The minimum Gasteiger partial charge on any atom is -0.508 e. The lowest BCUT2D eigenvalue weighted by molar-refractivity contribution is -0.150. The lowest BCUT2D eigenvalue weighted by atomic mass is 10.1. The Kier molecular flexibility index (Phi) is 3.52. The number of aryl methyl sites for hydroxylation is 1. The maximum atomic E-state index is 12.5. The van der Waals surface area contributed by atoms with E-state index in [0.717, 1.165) is 17.5 Å². The summed E-state index contributed by atoms with van der Waals surface area (Å²) in [6, 6.07) is 4.74. The van der Waals surface area contributed by atoms with Crippen molar-refractivity contribution in [2.75, 3.05) is 13.1 Å². The van der Waals surface area contributed by atoms with Crippen LogP contribution in [-0.2, 0) is 6.42 Å². The third-order valence-electron chi connectivity index (χ3n) is 3.40. The molecular weight excluding hydrogens is 243 g/mol. The molecule has 0 saturated carbocycles. The zero-order chi connectivity index (χ0) is 13.3. The van der Waals surface area contributed by atoms with E-state index in [1.165, 1.54) is 4.90 Å². The average molecular weight is 259 g/mol. The number of hydrogen-bond donors (Lipinski definition) is 1. The number of hydrogen-bond acceptors (Lipinski definition) is 2. The first-order chi connectivity index (χ1) is 8.40. The standard InChI is InChI=1S/C13H16F3NO/c1-2-17(8-13(14,15)16)12-6-3-9-7-10(18)4-5-11(9)12/h4-5,7,12,18H,2-3,6,8H2,1H3. The Morgan fingerprint density at radius 3 is 2.72 bits per heavy atom. The van der Waals surface area contributed by atoms with Gasteiger partial charge in [-0.2, -0.15) is 13.2 Å². The smallest absolute Gasteiger partial charge is 0.401 e. The minimum atomic E-state index is -4.17. The van der Waals surface area contributed by atoms with Gasteiger partial charge in [-0.3, -0.25) is 4.90 Å². The van der Waals surface area contributed by atoms with Crippen molar-refractivity contribution >= 4 is 0 Å². The maximum absolute atomic E-state index is 12.5. The van der Waals surface area contributed by atoms with Gasteiger partial charge >= 0.3 is 6.18 Å². The van der Waals surface area contributed by atoms with Crippen LogP contribution in [0.1, 0.15) is 30.5 Å². The molecule has 0 amide bonds. The second kappa shape index (κ2) is 4.80. The van der Waals surface area contributed by atoms with E-state index in [1.807, 2.05) is 0 Å². The fourth-order valence-corrected chi connectivity index (χ4v) is 2.63. The quantitative estimate of drug-likeness (QED) is 0.900. The highest BCUT2D eigenvalue weighted by molar-refractivity contribution is 5.40. The highest BCUT2D eigenvalue weighted by Crippen LogP contribution is 2.38. The van der Waals surface area contributed by atoms with Crippen molar-refractivity contribution in [3.8, 4) is 5.75 Å². The van der Waals surface area contributed by atoms with Crippen LogP contribution >= 0.6 is 0 Å². The summed E-state index contributed by atoms with van der Waals surface area (Å²) >= 11 is 0. The van der Waals surface area contributed by atoms with Crippen molar-refractivity contribution in [3.05, 3.63) is 29.3 Å². The number of rotatable bonds is 3. The van der Waals surface area contributed by atoms with Crippen LogP contribution < -0.4 is 0 Å². The van der Waals surface area contributed by atoms with Gasteiger partial charge in [0.15, 0.2) is 0 Å². The lowest BCUT2D eigenvalue weighted by Crippen LogP contribution is -2.36. The van der Waals surface area contributed by atoms with Crippen molar-refractivity contribution in [2.24, 2.45) is 0 Å². The Morgan fingerprint density at radius 2 is 2.11 bits per heavy atom. The number of benzene rings is 1. The zero-order valence-corrected chi connectivity index (χ0v) is 10.2. The molecule has 1 N–H and O–H groups in total. The monoisotopic (exact) mass is 259 g/mol. The summed E-state index contributed by atoms with van der Waals surface area (Å²) in [5.41, 5.74) is 1.87. The van der Waals surface area contributed by atoms with Crippen molar-refractivity contribution in [2.45, 2.75) is 32.0 Å². The van der Waals surface area contributed by atoms with E-state index in [0.29, 0.717) is 13.0 Å². The fraction of sp³-hybridized carbons (Fsp3) is 0.538. The second-order valence-corrected chi connectivity index (χ2v) is 4.62. The Hall–Kier alpha value is -1.23. The molecule has 0 aliphatic heterocycles. The molecule has 100 valence electrons. The van der Waals surface area contributed by atoms with E-state index < -0.39 is 12.7 Å². The molecule has 0 saturated heterocycles. The Morgan fingerprint density at radius 1 is 1.39 bits per heavy atom. The van der Waals surface area contributed by atoms with Gasteiger partial charge in [-0.1, -0.05) is 13.0 Å². The van der Waals surface area contributed by atoms with Crippen LogP contribution in [0, 0.1) is 0 Å². The van der Waals surface area contributed by atoms with E-state index in [4.69, 9.17) is 0 Å². The first-order valence-corrected chi connectivity index (χ1v) is 6.03. The Labute approximate surface area is 104 Å². The SMILES string of the molecule is CCN(CC(F)(F)F)C1CCc2cc(O)ccc21. The molecule has 1 unspecified atom stereocenters. The number of phenols is 1. The molecule has 1 atom stereocenters. The molecular formula is C13H16F3NO. The molecule has 0 aromatic heterocycles. The van der Waals surface area contributed by atoms with E-state index >= 15 is 0 Å². The highest BCUT2D eigenvalue weighted by Gasteiger charge is 2.35. The van der Waals surface area contributed by atoms with Gasteiger partial charge in [-0.05, 0) is 42.6 Å². The normalized spacial score (nSPS) is 19.3. The summed E-state index contributed by atoms with van der Waals surface area (Å²) < 4.78 is 37.5. The molecule has 1 aliphatic carbocycles. The molecule has 1 aliphatic rings. The summed E-state index contributed by atoms with van der Waals surface area (Å²) in [4.78, 5) is 1.45. The van der Waals surface area contributed by atoms with Gasteiger partial charge in [0, 0.05) is 6.04 Å². The summed E-state index contributed by atoms with van der Waals surface area (Å²) in [7, 11) is 0. The summed E-state index contributed by atoms with van der Waals surface area (Å²) in [5.74, 6) is 0.174. The van der Waals surface area contributed by atoms with Gasteiger partial charge < -0.3 is 5.11 Å². The van der Waals surface area contributed by atoms with Crippen molar-refractivity contribution < 1.29 is 18.3 Å². The summed E-state index contributed by atoms with van der Waals surface area (Å²) in [5, 5.41) is 9.37. The number of aromatic hydroxyl groups is 1. The second-order valence-electron chi connectivity index (χ2n) is 4.62. The minimum absolute atomic E-state index is 0.174. The third kappa shape index (κ3) is 2.77. The average Bonchev–Trinajstić information content (AvgIpc) is 2.67. The molecule has 0 fully saturated rings.